The van der Waals surface area contributed by atoms with Gasteiger partial charge in [0, 0.05) is 32.2 Å². The first-order valence-corrected chi connectivity index (χ1v) is 8.49. The summed E-state index contributed by atoms with van der Waals surface area (Å²) in [4.78, 5) is 14.1. The normalized spacial score (nSPS) is 14.2. The number of nitrogens with zero attached hydrogens (tertiary/aromatic N) is 1. The molecule has 1 aromatic carbocycles. The number of benzene rings is 1. The van der Waals surface area contributed by atoms with Crippen molar-refractivity contribution in [3.63, 3.8) is 0 Å². The summed E-state index contributed by atoms with van der Waals surface area (Å²) < 4.78 is 0. The zero-order valence-corrected chi connectivity index (χ0v) is 16.1. The van der Waals surface area contributed by atoms with Gasteiger partial charge in [0.1, 0.15) is 0 Å². The maximum Gasteiger partial charge on any atom is 0.220 e. The molecule has 0 aromatic heterocycles. The van der Waals surface area contributed by atoms with E-state index in [1.807, 2.05) is 18.2 Å². The Bertz CT molecular complexity index is 439. The maximum absolute atomic E-state index is 11.9. The van der Waals surface area contributed by atoms with Crippen LogP contribution in [0.5, 0.6) is 0 Å². The molecule has 0 atom stereocenters. The molecule has 1 aliphatic rings. The summed E-state index contributed by atoms with van der Waals surface area (Å²) in [7, 11) is 2.09. The van der Waals surface area contributed by atoms with Gasteiger partial charge in [-0.05, 0) is 56.8 Å². The lowest BCUT2D eigenvalue weighted by atomic mass is 9.93. The summed E-state index contributed by atoms with van der Waals surface area (Å²) in [6, 6.07) is 10.3. The van der Waals surface area contributed by atoms with Gasteiger partial charge in [0.2, 0.25) is 5.91 Å². The number of carbonyl (C=O) groups is 1. The lowest BCUT2D eigenvalue weighted by Gasteiger charge is -2.22. The topological polar surface area (TPSA) is 44.4 Å². The molecule has 1 saturated heterocycles. The Kier molecular flexibility index (Phi) is 12.8. The standard InChI is InChI=1S/C18H29N3O.2ClH/c1-21(17-6-3-2-4-7-17)15-5-12-20-18(22)9-8-16-10-13-19-14-11-16;;/h2-4,6-7,16,19H,5,8-15H2,1H3,(H,20,22);2*1H. The highest BCUT2D eigenvalue weighted by Crippen LogP contribution is 2.17. The molecule has 0 aliphatic carbocycles. The Morgan fingerprint density at radius 2 is 1.88 bits per heavy atom. The number of amides is 1. The Balaban J connectivity index is 0.00000264. The zero-order valence-electron chi connectivity index (χ0n) is 14.5. The highest BCUT2D eigenvalue weighted by Gasteiger charge is 2.14. The van der Waals surface area contributed by atoms with Gasteiger partial charge in [-0.3, -0.25) is 4.79 Å². The van der Waals surface area contributed by atoms with Crippen molar-refractivity contribution in [3.8, 4) is 0 Å². The van der Waals surface area contributed by atoms with E-state index >= 15 is 0 Å². The van der Waals surface area contributed by atoms with Crippen molar-refractivity contribution in [2.24, 2.45) is 5.92 Å². The summed E-state index contributed by atoms with van der Waals surface area (Å²) in [5.74, 6) is 0.942. The van der Waals surface area contributed by atoms with Gasteiger partial charge < -0.3 is 15.5 Å². The van der Waals surface area contributed by atoms with Gasteiger partial charge in [0.05, 0.1) is 0 Å². The van der Waals surface area contributed by atoms with E-state index in [1.54, 1.807) is 0 Å². The minimum atomic E-state index is 0. The van der Waals surface area contributed by atoms with Crippen LogP contribution in [0.15, 0.2) is 30.3 Å². The van der Waals surface area contributed by atoms with Crippen LogP contribution in [0.2, 0.25) is 0 Å². The molecule has 24 heavy (non-hydrogen) atoms. The molecule has 1 amide bonds. The van der Waals surface area contributed by atoms with Crippen LogP contribution in [0.3, 0.4) is 0 Å². The third-order valence-corrected chi connectivity index (χ3v) is 4.43. The average Bonchev–Trinajstić information content (AvgIpc) is 2.58. The lowest BCUT2D eigenvalue weighted by Crippen LogP contribution is -2.30. The van der Waals surface area contributed by atoms with Crippen LogP contribution in [0.1, 0.15) is 32.1 Å². The molecule has 0 radical (unpaired) electrons. The molecule has 0 unspecified atom stereocenters. The summed E-state index contributed by atoms with van der Waals surface area (Å²) >= 11 is 0. The van der Waals surface area contributed by atoms with Crippen molar-refractivity contribution in [1.82, 2.24) is 10.6 Å². The number of hydrogen-bond acceptors (Lipinski definition) is 3. The van der Waals surface area contributed by atoms with Crippen LogP contribution in [0.25, 0.3) is 0 Å². The molecule has 138 valence electrons. The predicted molar refractivity (Wildman–Crippen MR) is 107 cm³/mol. The fourth-order valence-corrected chi connectivity index (χ4v) is 2.95. The van der Waals surface area contributed by atoms with Crippen molar-refractivity contribution in [2.45, 2.75) is 32.1 Å². The van der Waals surface area contributed by atoms with Gasteiger partial charge in [-0.1, -0.05) is 18.2 Å². The van der Waals surface area contributed by atoms with Gasteiger partial charge in [-0.25, -0.2) is 0 Å². The third kappa shape index (κ3) is 8.76. The van der Waals surface area contributed by atoms with Crippen molar-refractivity contribution in [3.05, 3.63) is 30.3 Å². The van der Waals surface area contributed by atoms with E-state index in [4.69, 9.17) is 0 Å². The van der Waals surface area contributed by atoms with Crippen molar-refractivity contribution < 1.29 is 4.79 Å². The van der Waals surface area contributed by atoms with E-state index in [0.717, 1.165) is 44.9 Å². The van der Waals surface area contributed by atoms with Gasteiger partial charge >= 0.3 is 0 Å². The Labute approximate surface area is 158 Å². The van der Waals surface area contributed by atoms with Crippen molar-refractivity contribution >= 4 is 36.4 Å². The first kappa shape index (κ1) is 23.0. The minimum Gasteiger partial charge on any atom is -0.375 e. The molecule has 1 aromatic rings. The number of rotatable bonds is 8. The van der Waals surface area contributed by atoms with Gasteiger partial charge in [0.15, 0.2) is 0 Å². The van der Waals surface area contributed by atoms with Gasteiger partial charge in [-0.2, -0.15) is 0 Å². The number of nitrogens with one attached hydrogen (secondary N) is 2. The second-order valence-electron chi connectivity index (χ2n) is 6.19. The lowest BCUT2D eigenvalue weighted by molar-refractivity contribution is -0.121. The quantitative estimate of drug-likeness (QED) is 0.685. The molecule has 0 saturated carbocycles. The highest BCUT2D eigenvalue weighted by molar-refractivity contribution is 5.85. The number of anilines is 1. The molecule has 4 nitrogen and oxygen atoms in total. The predicted octanol–water partition coefficient (Wildman–Crippen LogP) is 3.25. The fraction of sp³-hybridized carbons (Fsp3) is 0.611. The fourth-order valence-electron chi connectivity index (χ4n) is 2.95. The van der Waals surface area contributed by atoms with Gasteiger partial charge in [0.25, 0.3) is 0 Å². The molecule has 0 spiro atoms. The Hall–Kier alpha value is -0.970. The van der Waals surface area contributed by atoms with Crippen molar-refractivity contribution in [1.29, 1.82) is 0 Å². The zero-order chi connectivity index (χ0) is 15.6. The largest absolute Gasteiger partial charge is 0.375 e. The first-order valence-electron chi connectivity index (χ1n) is 8.49. The SMILES string of the molecule is CN(CCCNC(=O)CCC1CCNCC1)c1ccccc1.Cl.Cl. The van der Waals surface area contributed by atoms with Crippen LogP contribution in [-0.2, 0) is 4.79 Å². The highest BCUT2D eigenvalue weighted by atomic mass is 35.5. The van der Waals surface area contributed by atoms with E-state index in [-0.39, 0.29) is 30.7 Å². The summed E-state index contributed by atoms with van der Waals surface area (Å²) in [6.07, 6.45) is 5.13. The molecular formula is C18H31Cl2N3O. The Morgan fingerprint density at radius 3 is 2.54 bits per heavy atom. The van der Waals surface area contributed by atoms with Crippen molar-refractivity contribution in [2.75, 3.05) is 38.1 Å². The van der Waals surface area contributed by atoms with Crippen LogP contribution in [0, 0.1) is 5.92 Å². The molecule has 2 N–H and O–H groups in total. The molecule has 1 fully saturated rings. The molecule has 1 heterocycles. The average molecular weight is 376 g/mol. The molecule has 1 aliphatic heterocycles. The van der Waals surface area contributed by atoms with Crippen LogP contribution in [-0.4, -0.2) is 39.1 Å². The Morgan fingerprint density at radius 1 is 1.21 bits per heavy atom. The monoisotopic (exact) mass is 375 g/mol. The molecule has 0 bridgehead atoms. The summed E-state index contributed by atoms with van der Waals surface area (Å²) in [5, 5.41) is 6.41. The smallest absolute Gasteiger partial charge is 0.220 e. The summed E-state index contributed by atoms with van der Waals surface area (Å²) in [6.45, 7) is 3.94. The number of carbonyl (C=O) groups excluding carboxylic acids is 1. The molecule has 6 heteroatoms. The van der Waals surface area contributed by atoms with E-state index in [2.05, 4.69) is 34.7 Å². The second-order valence-corrected chi connectivity index (χ2v) is 6.19. The van der Waals surface area contributed by atoms with Gasteiger partial charge in [-0.15, -0.1) is 24.8 Å². The van der Waals surface area contributed by atoms with Crippen LogP contribution < -0.4 is 15.5 Å². The molecule has 2 rings (SSSR count). The van der Waals surface area contributed by atoms with E-state index in [9.17, 15) is 4.79 Å². The molecular weight excluding hydrogens is 345 g/mol. The number of hydrogen-bond donors (Lipinski definition) is 2. The van der Waals surface area contributed by atoms with E-state index in [0.29, 0.717) is 6.42 Å². The number of halogens is 2. The summed E-state index contributed by atoms with van der Waals surface area (Å²) in [5.41, 5.74) is 1.22. The number of para-hydroxylation sites is 1. The van der Waals surface area contributed by atoms with E-state index in [1.165, 1.54) is 18.5 Å². The minimum absolute atomic E-state index is 0. The number of piperidine rings is 1. The van der Waals surface area contributed by atoms with Crippen LogP contribution >= 0.6 is 24.8 Å². The third-order valence-electron chi connectivity index (χ3n) is 4.43. The second kappa shape index (κ2) is 13.3. The first-order chi connectivity index (χ1) is 10.8. The maximum atomic E-state index is 11.9. The van der Waals surface area contributed by atoms with Crippen LogP contribution in [0.4, 0.5) is 5.69 Å². The van der Waals surface area contributed by atoms with E-state index < -0.39 is 0 Å².